The predicted molar refractivity (Wildman–Crippen MR) is 79.9 cm³/mol. The van der Waals surface area contributed by atoms with Crippen molar-refractivity contribution in [2.45, 2.75) is 18.9 Å². The lowest BCUT2D eigenvalue weighted by Gasteiger charge is -2.20. The van der Waals surface area contributed by atoms with Crippen LogP contribution in [0.1, 0.15) is 17.7 Å². The van der Waals surface area contributed by atoms with Crippen LogP contribution >= 0.6 is 23.6 Å². The molecular formula is C13H15N3S2. The van der Waals surface area contributed by atoms with E-state index < -0.39 is 0 Å². The molecule has 94 valence electrons. The zero-order chi connectivity index (χ0) is 12.4. The average molecular weight is 277 g/mol. The molecule has 3 atom stereocenters. The minimum Gasteiger partial charge on any atom is -0.358 e. The van der Waals surface area contributed by atoms with Crippen LogP contribution in [-0.2, 0) is 0 Å². The molecule has 1 aromatic rings. The molecule has 5 heteroatoms. The third kappa shape index (κ3) is 2.62. The van der Waals surface area contributed by atoms with Gasteiger partial charge in [-0.3, -0.25) is 5.43 Å². The summed E-state index contributed by atoms with van der Waals surface area (Å²) in [6.07, 6.45) is 8.90. The first-order valence-electron chi connectivity index (χ1n) is 6.12. The van der Waals surface area contributed by atoms with Crippen molar-refractivity contribution in [3.8, 4) is 0 Å². The highest BCUT2D eigenvalue weighted by atomic mass is 32.1. The molecule has 0 aromatic carbocycles. The molecule has 2 aliphatic carbocycles. The molecule has 0 aliphatic heterocycles. The van der Waals surface area contributed by atoms with Crippen LogP contribution in [0.3, 0.4) is 0 Å². The van der Waals surface area contributed by atoms with Gasteiger partial charge in [0.05, 0.1) is 6.21 Å². The van der Waals surface area contributed by atoms with Gasteiger partial charge in [0, 0.05) is 10.9 Å². The predicted octanol–water partition coefficient (Wildman–Crippen LogP) is 2.51. The molecule has 1 fully saturated rings. The topological polar surface area (TPSA) is 36.4 Å². The van der Waals surface area contributed by atoms with Gasteiger partial charge in [0.25, 0.3) is 0 Å². The zero-order valence-corrected chi connectivity index (χ0v) is 11.5. The van der Waals surface area contributed by atoms with E-state index in [1.54, 1.807) is 17.6 Å². The summed E-state index contributed by atoms with van der Waals surface area (Å²) >= 11 is 6.90. The molecule has 1 saturated carbocycles. The number of fused-ring (bicyclic) bond motifs is 2. The smallest absolute Gasteiger partial charge is 0.187 e. The molecule has 2 N–H and O–H groups in total. The van der Waals surface area contributed by atoms with Crippen molar-refractivity contribution < 1.29 is 0 Å². The second-order valence-corrected chi connectivity index (χ2v) is 6.13. The van der Waals surface area contributed by atoms with E-state index in [4.69, 9.17) is 12.2 Å². The number of hydrogen-bond donors (Lipinski definition) is 2. The van der Waals surface area contributed by atoms with Gasteiger partial charge in [-0.25, -0.2) is 0 Å². The average Bonchev–Trinajstić information content (AvgIpc) is 3.04. The summed E-state index contributed by atoms with van der Waals surface area (Å²) in [4.78, 5) is 1.12. The first-order valence-corrected chi connectivity index (χ1v) is 7.41. The number of allylic oxidation sites excluding steroid dienone is 1. The number of thiophene rings is 1. The number of rotatable bonds is 3. The first kappa shape index (κ1) is 11.9. The Morgan fingerprint density at radius 3 is 3.06 bits per heavy atom. The summed E-state index contributed by atoms with van der Waals surface area (Å²) in [7, 11) is 0. The van der Waals surface area contributed by atoms with E-state index in [-0.39, 0.29) is 0 Å². The van der Waals surface area contributed by atoms with E-state index in [1.807, 2.05) is 17.5 Å². The van der Waals surface area contributed by atoms with Crippen LogP contribution in [0.5, 0.6) is 0 Å². The standard InChI is InChI=1S/C13H15N3S2/c17-13(16-14-8-11-2-1-5-18-11)15-12-7-9-3-4-10(12)6-9/h1-5,8-10,12H,6-7H2,(H2,15,16,17)/b14-8+. The van der Waals surface area contributed by atoms with Crippen LogP contribution in [-0.4, -0.2) is 17.4 Å². The molecule has 2 aliphatic rings. The maximum Gasteiger partial charge on any atom is 0.187 e. The summed E-state index contributed by atoms with van der Waals surface area (Å²) < 4.78 is 0. The Bertz CT molecular complexity index is 478. The van der Waals surface area contributed by atoms with Gasteiger partial charge in [0.1, 0.15) is 0 Å². The van der Waals surface area contributed by atoms with Gasteiger partial charge in [0.15, 0.2) is 5.11 Å². The highest BCUT2D eigenvalue weighted by molar-refractivity contribution is 7.80. The van der Waals surface area contributed by atoms with Crippen LogP contribution < -0.4 is 10.7 Å². The Morgan fingerprint density at radius 2 is 2.39 bits per heavy atom. The fourth-order valence-corrected chi connectivity index (χ4v) is 3.46. The normalized spacial score (nSPS) is 29.0. The summed E-state index contributed by atoms with van der Waals surface area (Å²) in [5, 5.41) is 10.1. The van der Waals surface area contributed by atoms with Crippen molar-refractivity contribution in [3.63, 3.8) is 0 Å². The quantitative estimate of drug-likeness (QED) is 0.386. The molecule has 0 radical (unpaired) electrons. The summed E-state index contributed by atoms with van der Waals surface area (Å²) in [6.45, 7) is 0. The van der Waals surface area contributed by atoms with Gasteiger partial charge in [-0.2, -0.15) is 5.10 Å². The van der Waals surface area contributed by atoms with Crippen LogP contribution in [0, 0.1) is 11.8 Å². The van der Waals surface area contributed by atoms with E-state index >= 15 is 0 Å². The van der Waals surface area contributed by atoms with Gasteiger partial charge >= 0.3 is 0 Å². The number of hydrogen-bond acceptors (Lipinski definition) is 3. The molecule has 1 heterocycles. The molecule has 3 nitrogen and oxygen atoms in total. The summed E-state index contributed by atoms with van der Waals surface area (Å²) in [6, 6.07) is 4.51. The van der Waals surface area contributed by atoms with E-state index in [0.29, 0.717) is 17.1 Å². The molecule has 3 unspecified atom stereocenters. The number of hydrazone groups is 1. The molecule has 0 amide bonds. The van der Waals surface area contributed by atoms with Crippen LogP contribution in [0.2, 0.25) is 0 Å². The van der Waals surface area contributed by atoms with Crippen molar-refractivity contribution in [2.24, 2.45) is 16.9 Å². The number of nitrogens with one attached hydrogen (secondary N) is 2. The van der Waals surface area contributed by atoms with E-state index in [1.165, 1.54) is 12.8 Å². The third-order valence-electron chi connectivity index (χ3n) is 3.50. The van der Waals surface area contributed by atoms with Crippen LogP contribution in [0.25, 0.3) is 0 Å². The highest BCUT2D eigenvalue weighted by Gasteiger charge is 2.35. The Labute approximate surface area is 116 Å². The largest absolute Gasteiger partial charge is 0.358 e. The molecule has 18 heavy (non-hydrogen) atoms. The second-order valence-electron chi connectivity index (χ2n) is 4.75. The molecule has 0 saturated heterocycles. The molecule has 0 spiro atoms. The minimum absolute atomic E-state index is 0.483. The van der Waals surface area contributed by atoms with Crippen molar-refractivity contribution in [2.75, 3.05) is 0 Å². The summed E-state index contributed by atoms with van der Waals surface area (Å²) in [5.74, 6) is 1.40. The van der Waals surface area contributed by atoms with Gasteiger partial charge in [-0.15, -0.1) is 11.3 Å². The van der Waals surface area contributed by atoms with Crippen molar-refractivity contribution in [1.82, 2.24) is 10.7 Å². The maximum absolute atomic E-state index is 5.24. The van der Waals surface area contributed by atoms with Crippen LogP contribution in [0.4, 0.5) is 0 Å². The monoisotopic (exact) mass is 277 g/mol. The molecule has 3 rings (SSSR count). The Kier molecular flexibility index (Phi) is 3.43. The number of nitrogens with zero attached hydrogens (tertiary/aromatic N) is 1. The maximum atomic E-state index is 5.24. The zero-order valence-electron chi connectivity index (χ0n) is 9.87. The van der Waals surface area contributed by atoms with Crippen molar-refractivity contribution in [1.29, 1.82) is 0 Å². The van der Waals surface area contributed by atoms with E-state index in [2.05, 4.69) is 28.0 Å². The SMILES string of the molecule is S=C(N/N=C/c1cccs1)NC1CC2C=CC1C2. The lowest BCUT2D eigenvalue weighted by molar-refractivity contribution is 0.521. The summed E-state index contributed by atoms with van der Waals surface area (Å²) in [5.41, 5.74) is 2.88. The first-order chi connectivity index (χ1) is 8.81. The fraction of sp³-hybridized carbons (Fsp3) is 0.385. The van der Waals surface area contributed by atoms with E-state index in [9.17, 15) is 0 Å². The Hall–Kier alpha value is -1.20. The third-order valence-corrected chi connectivity index (χ3v) is 4.51. The number of thiocarbonyl (C=S) groups is 1. The van der Waals surface area contributed by atoms with E-state index in [0.717, 1.165) is 10.8 Å². The molecule has 2 bridgehead atoms. The second kappa shape index (κ2) is 5.20. The van der Waals surface area contributed by atoms with Crippen molar-refractivity contribution in [3.05, 3.63) is 34.5 Å². The van der Waals surface area contributed by atoms with Gasteiger partial charge in [-0.05, 0) is 48.3 Å². The lowest BCUT2D eigenvalue weighted by Crippen LogP contribution is -2.42. The Balaban J connectivity index is 1.46. The molecule has 1 aromatic heterocycles. The van der Waals surface area contributed by atoms with Gasteiger partial charge < -0.3 is 5.32 Å². The van der Waals surface area contributed by atoms with Crippen LogP contribution in [0.15, 0.2) is 34.8 Å². The minimum atomic E-state index is 0.483. The van der Waals surface area contributed by atoms with Gasteiger partial charge in [0.2, 0.25) is 0 Å². The molecular weight excluding hydrogens is 262 g/mol. The highest BCUT2D eigenvalue weighted by Crippen LogP contribution is 2.38. The Morgan fingerprint density at radius 1 is 1.44 bits per heavy atom. The lowest BCUT2D eigenvalue weighted by atomic mass is 10.0. The fourth-order valence-electron chi connectivity index (χ4n) is 2.67. The van der Waals surface area contributed by atoms with Gasteiger partial charge in [-0.1, -0.05) is 18.2 Å². The van der Waals surface area contributed by atoms with Crippen molar-refractivity contribution >= 4 is 34.9 Å².